The molecule has 0 fully saturated rings. The van der Waals surface area contributed by atoms with Gasteiger partial charge in [0.2, 0.25) is 5.91 Å². The molecule has 1 heterocycles. The number of anilines is 1. The summed E-state index contributed by atoms with van der Waals surface area (Å²) in [6.45, 7) is 3.15. The molecule has 2 aromatic rings. The Bertz CT molecular complexity index is 880. The Balaban J connectivity index is 1.83. The molecule has 2 aromatic carbocycles. The van der Waals surface area contributed by atoms with E-state index in [1.165, 1.54) is 0 Å². The SMILES string of the molecule is CCNC(=O)NCCC(=O)N1Cc2ccccc2C#Cc2ccccc21. The number of rotatable bonds is 4. The molecule has 3 amide bonds. The summed E-state index contributed by atoms with van der Waals surface area (Å²) in [5.41, 5.74) is 3.57. The minimum atomic E-state index is -0.260. The Morgan fingerprint density at radius 2 is 1.69 bits per heavy atom. The van der Waals surface area contributed by atoms with Crippen molar-refractivity contribution in [2.24, 2.45) is 0 Å². The van der Waals surface area contributed by atoms with Crippen LogP contribution in [0.2, 0.25) is 0 Å². The number of fused-ring (bicyclic) bond motifs is 2. The first-order valence-electron chi connectivity index (χ1n) is 8.70. The van der Waals surface area contributed by atoms with Crippen molar-refractivity contribution in [1.82, 2.24) is 10.6 Å². The van der Waals surface area contributed by atoms with Gasteiger partial charge in [0.1, 0.15) is 0 Å². The summed E-state index contributed by atoms with van der Waals surface area (Å²) in [7, 11) is 0. The normalized spacial score (nSPS) is 11.8. The number of hydrogen-bond donors (Lipinski definition) is 2. The Hall–Kier alpha value is -3.26. The molecule has 0 aromatic heterocycles. The van der Waals surface area contributed by atoms with Crippen molar-refractivity contribution in [2.75, 3.05) is 18.0 Å². The van der Waals surface area contributed by atoms with Crippen molar-refractivity contribution in [3.63, 3.8) is 0 Å². The van der Waals surface area contributed by atoms with E-state index < -0.39 is 0 Å². The van der Waals surface area contributed by atoms with Gasteiger partial charge in [-0.1, -0.05) is 42.2 Å². The highest BCUT2D eigenvalue weighted by Crippen LogP contribution is 2.25. The summed E-state index contributed by atoms with van der Waals surface area (Å²) < 4.78 is 0. The third-order valence-electron chi connectivity index (χ3n) is 4.14. The number of urea groups is 1. The molecule has 0 atom stereocenters. The molecular weight excluding hydrogens is 326 g/mol. The quantitative estimate of drug-likeness (QED) is 0.835. The van der Waals surface area contributed by atoms with Gasteiger partial charge in [-0.25, -0.2) is 4.79 Å². The average Bonchev–Trinajstić information content (AvgIpc) is 2.64. The molecule has 26 heavy (non-hydrogen) atoms. The van der Waals surface area contributed by atoms with Crippen LogP contribution in [0.1, 0.15) is 30.0 Å². The highest BCUT2D eigenvalue weighted by atomic mass is 16.2. The summed E-state index contributed by atoms with van der Waals surface area (Å²) in [5, 5.41) is 5.35. The second-order valence-electron chi connectivity index (χ2n) is 5.94. The lowest BCUT2D eigenvalue weighted by Crippen LogP contribution is -2.39. The van der Waals surface area contributed by atoms with Gasteiger partial charge in [-0.05, 0) is 30.7 Å². The second-order valence-corrected chi connectivity index (χ2v) is 5.94. The van der Waals surface area contributed by atoms with Crippen LogP contribution in [0.25, 0.3) is 0 Å². The van der Waals surface area contributed by atoms with Gasteiger partial charge in [-0.2, -0.15) is 0 Å². The van der Waals surface area contributed by atoms with Gasteiger partial charge in [-0.3, -0.25) is 4.79 Å². The fourth-order valence-electron chi connectivity index (χ4n) is 2.85. The molecule has 3 rings (SSSR count). The van der Waals surface area contributed by atoms with Gasteiger partial charge in [0.15, 0.2) is 0 Å². The fraction of sp³-hybridized carbons (Fsp3) is 0.238. The maximum atomic E-state index is 12.9. The third-order valence-corrected chi connectivity index (χ3v) is 4.14. The van der Waals surface area contributed by atoms with Crippen molar-refractivity contribution in [1.29, 1.82) is 0 Å². The molecule has 0 spiro atoms. The topological polar surface area (TPSA) is 61.4 Å². The number of carbonyl (C=O) groups excluding carboxylic acids is 2. The number of para-hydroxylation sites is 1. The van der Waals surface area contributed by atoms with Gasteiger partial charge < -0.3 is 15.5 Å². The lowest BCUT2D eigenvalue weighted by atomic mass is 10.0. The third kappa shape index (κ3) is 4.04. The largest absolute Gasteiger partial charge is 0.338 e. The standard InChI is InChI=1S/C21H21N3O2/c1-2-22-21(26)23-14-13-20(25)24-15-18-9-4-3-7-16(18)11-12-17-8-5-6-10-19(17)24/h3-10H,2,13-15H2,1H3,(H2,22,23,26). The molecule has 1 aliphatic rings. The van der Waals surface area contributed by atoms with Crippen molar-refractivity contribution in [3.05, 3.63) is 65.2 Å². The molecular formula is C21H21N3O2. The van der Waals surface area contributed by atoms with Crippen molar-refractivity contribution >= 4 is 17.6 Å². The number of nitrogens with one attached hydrogen (secondary N) is 2. The van der Waals surface area contributed by atoms with E-state index in [0.29, 0.717) is 13.1 Å². The molecule has 0 bridgehead atoms. The van der Waals surface area contributed by atoms with Crippen LogP contribution in [-0.2, 0) is 11.3 Å². The maximum absolute atomic E-state index is 12.9. The van der Waals surface area contributed by atoms with Crippen LogP contribution < -0.4 is 15.5 Å². The van der Waals surface area contributed by atoms with E-state index in [0.717, 1.165) is 22.4 Å². The van der Waals surface area contributed by atoms with Crippen molar-refractivity contribution in [2.45, 2.75) is 19.9 Å². The molecule has 0 saturated heterocycles. The lowest BCUT2D eigenvalue weighted by Gasteiger charge is -2.26. The Morgan fingerprint density at radius 1 is 1.00 bits per heavy atom. The van der Waals surface area contributed by atoms with Gasteiger partial charge >= 0.3 is 6.03 Å². The highest BCUT2D eigenvalue weighted by Gasteiger charge is 2.20. The first-order chi connectivity index (χ1) is 12.7. The Labute approximate surface area is 153 Å². The minimum absolute atomic E-state index is 0.0484. The molecule has 2 N–H and O–H groups in total. The molecule has 0 unspecified atom stereocenters. The van der Waals surface area contributed by atoms with E-state index in [1.54, 1.807) is 4.90 Å². The Kier molecular flexibility index (Phi) is 5.55. The zero-order valence-corrected chi connectivity index (χ0v) is 14.7. The molecule has 0 saturated carbocycles. The minimum Gasteiger partial charge on any atom is -0.338 e. The summed E-state index contributed by atoms with van der Waals surface area (Å²) in [6, 6.07) is 15.2. The number of carbonyl (C=O) groups is 2. The van der Waals surface area contributed by atoms with Crippen LogP contribution in [0.15, 0.2) is 48.5 Å². The number of nitrogens with zero attached hydrogens (tertiary/aromatic N) is 1. The molecule has 0 aliphatic carbocycles. The van der Waals surface area contributed by atoms with E-state index in [9.17, 15) is 9.59 Å². The van der Waals surface area contributed by atoms with Gasteiger partial charge in [0.25, 0.3) is 0 Å². The zero-order chi connectivity index (χ0) is 18.4. The first-order valence-corrected chi connectivity index (χ1v) is 8.70. The van der Waals surface area contributed by atoms with Crippen LogP contribution in [0, 0.1) is 11.8 Å². The van der Waals surface area contributed by atoms with Crippen LogP contribution in [0.3, 0.4) is 0 Å². The number of amides is 3. The van der Waals surface area contributed by atoms with Crippen LogP contribution in [0.4, 0.5) is 10.5 Å². The fourth-order valence-corrected chi connectivity index (χ4v) is 2.85. The average molecular weight is 347 g/mol. The van der Waals surface area contributed by atoms with E-state index in [2.05, 4.69) is 22.5 Å². The van der Waals surface area contributed by atoms with E-state index >= 15 is 0 Å². The highest BCUT2D eigenvalue weighted by molar-refractivity contribution is 5.95. The summed E-state index contributed by atoms with van der Waals surface area (Å²) >= 11 is 0. The Morgan fingerprint density at radius 3 is 2.50 bits per heavy atom. The summed E-state index contributed by atoms with van der Waals surface area (Å²) in [5.74, 6) is 6.32. The van der Waals surface area contributed by atoms with Gasteiger partial charge in [-0.15, -0.1) is 0 Å². The molecule has 132 valence electrons. The monoisotopic (exact) mass is 347 g/mol. The lowest BCUT2D eigenvalue weighted by molar-refractivity contribution is -0.118. The van der Waals surface area contributed by atoms with E-state index in [1.807, 2.05) is 55.5 Å². The maximum Gasteiger partial charge on any atom is 0.314 e. The second kappa shape index (κ2) is 8.21. The van der Waals surface area contributed by atoms with E-state index in [4.69, 9.17) is 0 Å². The van der Waals surface area contributed by atoms with Crippen LogP contribution in [-0.4, -0.2) is 25.0 Å². The first kappa shape index (κ1) is 17.6. The van der Waals surface area contributed by atoms with Gasteiger partial charge in [0, 0.05) is 30.6 Å². The van der Waals surface area contributed by atoms with E-state index in [-0.39, 0.29) is 24.9 Å². The predicted molar refractivity (Wildman–Crippen MR) is 102 cm³/mol. The number of hydrogen-bond acceptors (Lipinski definition) is 2. The molecule has 5 heteroatoms. The zero-order valence-electron chi connectivity index (χ0n) is 14.7. The van der Waals surface area contributed by atoms with Gasteiger partial charge in [0.05, 0.1) is 12.2 Å². The van der Waals surface area contributed by atoms with Crippen molar-refractivity contribution in [3.8, 4) is 11.8 Å². The van der Waals surface area contributed by atoms with Crippen molar-refractivity contribution < 1.29 is 9.59 Å². The number of benzene rings is 2. The van der Waals surface area contributed by atoms with Crippen LogP contribution >= 0.6 is 0 Å². The predicted octanol–water partition coefficient (Wildman–Crippen LogP) is 2.64. The smallest absolute Gasteiger partial charge is 0.314 e. The molecule has 1 aliphatic heterocycles. The summed E-state index contributed by atoms with van der Waals surface area (Å²) in [6.07, 6.45) is 0.223. The molecule has 5 nitrogen and oxygen atoms in total. The molecule has 0 radical (unpaired) electrons. The summed E-state index contributed by atoms with van der Waals surface area (Å²) in [4.78, 5) is 26.1. The van der Waals surface area contributed by atoms with Crippen LogP contribution in [0.5, 0.6) is 0 Å².